The van der Waals surface area contributed by atoms with Crippen molar-refractivity contribution in [3.05, 3.63) is 308 Å². The van der Waals surface area contributed by atoms with E-state index in [0.717, 1.165) is 125 Å². The topological polar surface area (TPSA) is 71.1 Å². The molecule has 11 rings (SSSR count). The Bertz CT molecular complexity index is 3260. The van der Waals surface area contributed by atoms with Gasteiger partial charge in [-0.2, -0.15) is 0 Å². The van der Waals surface area contributed by atoms with Crippen molar-refractivity contribution >= 4 is 12.6 Å². The molecule has 0 radical (unpaired) electrons. The van der Waals surface area contributed by atoms with Crippen LogP contribution in [0.2, 0.25) is 0 Å². The first-order valence-corrected chi connectivity index (χ1v) is 25.8. The maximum absolute atomic E-state index is 11.9. The van der Waals surface area contributed by atoms with E-state index < -0.39 is 0 Å². The minimum Gasteiger partial charge on any atom is -0.488 e. The number of ether oxygens (including phenoxy) is 4. The third-order valence-corrected chi connectivity index (χ3v) is 14.0. The molecule has 0 aliphatic heterocycles. The van der Waals surface area contributed by atoms with E-state index in [9.17, 15) is 9.59 Å². The predicted molar refractivity (Wildman–Crippen MR) is 302 cm³/mol. The number of fused-ring (bicyclic) bond motifs is 8. The molecule has 0 aromatic heterocycles. The van der Waals surface area contributed by atoms with Gasteiger partial charge in [-0.25, -0.2) is 0 Å². The average molecular weight is 993 g/mol. The van der Waals surface area contributed by atoms with Crippen LogP contribution in [0.3, 0.4) is 0 Å². The molecule has 10 aromatic carbocycles. The zero-order chi connectivity index (χ0) is 51.5. The molecule has 0 amide bonds. The number of carbonyl (C=O) groups excluding carboxylic acids is 2. The Morgan fingerprint density at radius 3 is 0.763 bits per heavy atom. The minimum atomic E-state index is 0.364. The normalized spacial score (nSPS) is 11.8. The monoisotopic (exact) mass is 992 g/mol. The Morgan fingerprint density at radius 1 is 0.263 bits per heavy atom. The lowest BCUT2D eigenvalue weighted by molar-refractivity contribution is 0.111. The van der Waals surface area contributed by atoms with E-state index in [4.69, 9.17) is 18.9 Å². The maximum atomic E-state index is 11.9. The summed E-state index contributed by atoms with van der Waals surface area (Å²) in [4.78, 5) is 23.8. The number of rotatable bonds is 16. The molecule has 6 heteroatoms. The first-order chi connectivity index (χ1) is 37.5. The van der Waals surface area contributed by atoms with E-state index in [-0.39, 0.29) is 0 Å². The van der Waals surface area contributed by atoms with Crippen LogP contribution >= 0.6 is 0 Å². The molecule has 0 heterocycles. The fraction of sp³-hybridized carbons (Fsp3) is 0.114. The van der Waals surface area contributed by atoms with E-state index in [1.165, 1.54) is 0 Å². The van der Waals surface area contributed by atoms with Crippen molar-refractivity contribution in [2.45, 2.75) is 52.1 Å². The summed E-state index contributed by atoms with van der Waals surface area (Å²) < 4.78 is 28.5. The Hall–Kier alpha value is -9.26. The van der Waals surface area contributed by atoms with Gasteiger partial charge in [-0.05, 0) is 113 Å². The van der Waals surface area contributed by atoms with Gasteiger partial charge in [0.1, 0.15) is 62.0 Å². The van der Waals surface area contributed by atoms with Crippen LogP contribution in [0.15, 0.2) is 231 Å². The number of benzene rings is 10. The fourth-order valence-electron chi connectivity index (χ4n) is 10.2. The van der Waals surface area contributed by atoms with Gasteiger partial charge in [-0.3, -0.25) is 9.59 Å². The van der Waals surface area contributed by atoms with Crippen LogP contribution in [0.4, 0.5) is 0 Å². The van der Waals surface area contributed by atoms with E-state index in [1.54, 1.807) is 0 Å². The predicted octanol–water partition coefficient (Wildman–Crippen LogP) is 15.6. The lowest BCUT2D eigenvalue weighted by Gasteiger charge is -2.24. The number of hydrogen-bond acceptors (Lipinski definition) is 6. The van der Waals surface area contributed by atoms with E-state index in [0.29, 0.717) is 63.2 Å². The van der Waals surface area contributed by atoms with Gasteiger partial charge < -0.3 is 18.9 Å². The molecule has 6 nitrogen and oxygen atoms in total. The number of carbonyl (C=O) groups is 2. The highest BCUT2D eigenvalue weighted by molar-refractivity contribution is 5.79. The second kappa shape index (κ2) is 23.3. The summed E-state index contributed by atoms with van der Waals surface area (Å²) in [5.41, 5.74) is 17.4. The van der Waals surface area contributed by atoms with Gasteiger partial charge in [0.05, 0.1) is 0 Å². The van der Waals surface area contributed by atoms with Crippen LogP contribution in [0, 0.1) is 0 Å². The average Bonchev–Trinajstić information content (AvgIpc) is 3.47. The quantitative estimate of drug-likeness (QED) is 0.0898. The molecule has 1 aliphatic carbocycles. The van der Waals surface area contributed by atoms with Gasteiger partial charge in [0.2, 0.25) is 0 Å². The molecule has 0 saturated carbocycles. The van der Waals surface area contributed by atoms with E-state index >= 15 is 0 Å². The number of para-hydroxylation sites is 2. The highest BCUT2D eigenvalue weighted by Crippen LogP contribution is 2.43. The van der Waals surface area contributed by atoms with E-state index in [2.05, 4.69) is 109 Å². The Balaban J connectivity index is 1.16. The van der Waals surface area contributed by atoms with Crippen LogP contribution in [0.25, 0.3) is 22.3 Å². The molecule has 1 aliphatic rings. The third kappa shape index (κ3) is 11.6. The van der Waals surface area contributed by atoms with Crippen molar-refractivity contribution in [3.63, 3.8) is 0 Å². The molecule has 76 heavy (non-hydrogen) atoms. The summed E-state index contributed by atoms with van der Waals surface area (Å²) in [5.74, 6) is 3.20. The van der Waals surface area contributed by atoms with Crippen molar-refractivity contribution in [1.82, 2.24) is 0 Å². The second-order valence-corrected chi connectivity index (χ2v) is 19.3. The lowest BCUT2D eigenvalue weighted by Crippen LogP contribution is -2.10. The van der Waals surface area contributed by atoms with Crippen LogP contribution in [-0.2, 0) is 52.1 Å². The summed E-state index contributed by atoms with van der Waals surface area (Å²) >= 11 is 0. The smallest absolute Gasteiger partial charge is 0.150 e. The van der Waals surface area contributed by atoms with Crippen LogP contribution in [0.5, 0.6) is 23.0 Å². The lowest BCUT2D eigenvalue weighted by atomic mass is 9.88. The minimum absolute atomic E-state index is 0.364. The molecule has 10 aromatic rings. The molecule has 0 saturated heterocycles. The van der Waals surface area contributed by atoms with Crippen molar-refractivity contribution in [1.29, 1.82) is 0 Å². The molecule has 0 N–H and O–H groups in total. The summed E-state index contributed by atoms with van der Waals surface area (Å²) in [7, 11) is 0. The number of aldehydes is 2. The van der Waals surface area contributed by atoms with Gasteiger partial charge in [-0.1, -0.05) is 206 Å². The highest BCUT2D eigenvalue weighted by Gasteiger charge is 2.24. The Labute approximate surface area is 444 Å². The molecule has 8 bridgehead atoms. The van der Waals surface area contributed by atoms with Crippen molar-refractivity contribution in [2.75, 3.05) is 0 Å². The molecule has 372 valence electrons. The van der Waals surface area contributed by atoms with E-state index in [1.807, 2.05) is 121 Å². The molecular formula is C70H56O6. The zero-order valence-electron chi connectivity index (χ0n) is 42.2. The summed E-state index contributed by atoms with van der Waals surface area (Å²) in [6.45, 7) is 1.46. The van der Waals surface area contributed by atoms with Gasteiger partial charge in [-0.15, -0.1) is 0 Å². The molecule has 0 spiro atoms. The molecular weight excluding hydrogens is 937 g/mol. The highest BCUT2D eigenvalue weighted by atomic mass is 16.5. The molecule has 0 atom stereocenters. The standard InChI is InChI=1S/C70H56O6/c71-43-49-27-31-55(32-28-49)61-39-63-35-57-23-13-24-58(67(57)73-45-51-15-5-1-6-16-51)36-64-40-62(56-33-29-50(44-72)30-34-56)42-66(70(64)76-48-54-21-11-4-12-22-54)38-60-26-14-25-59(68(60)74-46-52-17-7-2-8-18-52)37-65(41-61)69(63)75-47-53-19-9-3-10-20-53/h1-34,39-44H,35-38,45-48H2. The Morgan fingerprint density at radius 2 is 0.513 bits per heavy atom. The largest absolute Gasteiger partial charge is 0.488 e. The SMILES string of the molecule is O=Cc1ccc(-c2cc3c(OCc4ccccc4)c(c2)Cc2cccc(c2OCc2ccccc2)Cc2cc(-c4ccc(C=O)cc4)cc(c2OCc2ccccc2)Cc2cccc(c2OCc2ccccc2)C3)cc1. The number of hydrogen-bond donors (Lipinski definition) is 0. The van der Waals surface area contributed by atoms with Crippen LogP contribution in [-0.4, -0.2) is 12.6 Å². The van der Waals surface area contributed by atoms with Crippen molar-refractivity contribution in [2.24, 2.45) is 0 Å². The zero-order valence-corrected chi connectivity index (χ0v) is 42.2. The van der Waals surface area contributed by atoms with Gasteiger partial charge >= 0.3 is 0 Å². The summed E-state index contributed by atoms with van der Waals surface area (Å²) in [5, 5.41) is 0. The van der Waals surface area contributed by atoms with Crippen molar-refractivity contribution in [3.8, 4) is 45.3 Å². The maximum Gasteiger partial charge on any atom is 0.150 e. The summed E-state index contributed by atoms with van der Waals surface area (Å²) in [6.07, 6.45) is 3.70. The first kappa shape index (κ1) is 49.0. The second-order valence-electron chi connectivity index (χ2n) is 19.3. The Kier molecular flexibility index (Phi) is 15.0. The van der Waals surface area contributed by atoms with Crippen LogP contribution in [0.1, 0.15) is 87.5 Å². The van der Waals surface area contributed by atoms with Crippen LogP contribution < -0.4 is 18.9 Å². The third-order valence-electron chi connectivity index (χ3n) is 14.0. The molecule has 0 unspecified atom stereocenters. The van der Waals surface area contributed by atoms with Gasteiger partial charge in [0, 0.05) is 36.8 Å². The van der Waals surface area contributed by atoms with Crippen molar-refractivity contribution < 1.29 is 28.5 Å². The fourth-order valence-corrected chi connectivity index (χ4v) is 10.2. The summed E-state index contributed by atoms with van der Waals surface area (Å²) in [6, 6.07) is 78.6. The van der Waals surface area contributed by atoms with Gasteiger partial charge in [0.25, 0.3) is 0 Å². The molecule has 0 fully saturated rings. The first-order valence-electron chi connectivity index (χ1n) is 25.8. The van der Waals surface area contributed by atoms with Gasteiger partial charge in [0.15, 0.2) is 0 Å².